The number of esters is 1. The van der Waals surface area contributed by atoms with Crippen LogP contribution in [-0.4, -0.2) is 24.9 Å². The van der Waals surface area contributed by atoms with Crippen molar-refractivity contribution >= 4 is 58.3 Å². The van der Waals surface area contributed by atoms with Crippen LogP contribution in [0.4, 0.5) is 5.69 Å². The summed E-state index contributed by atoms with van der Waals surface area (Å²) in [6.45, 7) is -0.101. The Bertz CT molecular complexity index is 1240. The first-order valence-corrected chi connectivity index (χ1v) is 10.4. The molecule has 6 nitrogen and oxygen atoms in total. The van der Waals surface area contributed by atoms with Gasteiger partial charge in [0.05, 0.1) is 28.9 Å². The summed E-state index contributed by atoms with van der Waals surface area (Å²) in [4.78, 5) is 39.2. The number of carbonyl (C=O) groups excluding carboxylic acids is 3. The fraction of sp³-hybridized carbons (Fsp3) is 0.0870. The standard InChI is InChI=1S/C23H14Cl3NO5/c1-31-20-10-19(27-21(28)14-4-2-3-5-15(14)22(27)29)18(26)9-16(20)23(30)32-11-12-6-7-13(24)8-17(12)25/h2-10H,11H2,1H3. The topological polar surface area (TPSA) is 72.9 Å². The van der Waals surface area contributed by atoms with Crippen LogP contribution in [0.1, 0.15) is 36.6 Å². The van der Waals surface area contributed by atoms with Crippen LogP contribution in [0.25, 0.3) is 0 Å². The van der Waals surface area contributed by atoms with Crippen LogP contribution in [0, 0.1) is 0 Å². The van der Waals surface area contributed by atoms with Crippen molar-refractivity contribution in [3.63, 3.8) is 0 Å². The van der Waals surface area contributed by atoms with Crippen molar-refractivity contribution in [3.05, 3.63) is 91.9 Å². The highest BCUT2D eigenvalue weighted by Gasteiger charge is 2.38. The summed E-state index contributed by atoms with van der Waals surface area (Å²) in [6.07, 6.45) is 0. The molecule has 0 aromatic heterocycles. The summed E-state index contributed by atoms with van der Waals surface area (Å²) < 4.78 is 10.6. The first kappa shape index (κ1) is 22.1. The van der Waals surface area contributed by atoms with Gasteiger partial charge in [0.1, 0.15) is 17.9 Å². The molecule has 0 spiro atoms. The maximum atomic E-state index is 12.8. The number of fused-ring (bicyclic) bond motifs is 1. The summed E-state index contributed by atoms with van der Waals surface area (Å²) in [5.74, 6) is -1.65. The van der Waals surface area contributed by atoms with Gasteiger partial charge in [0.2, 0.25) is 0 Å². The second-order valence-electron chi connectivity index (χ2n) is 6.81. The van der Waals surface area contributed by atoms with E-state index in [0.29, 0.717) is 15.6 Å². The Morgan fingerprint density at radius 2 is 1.56 bits per heavy atom. The zero-order chi connectivity index (χ0) is 23.0. The largest absolute Gasteiger partial charge is 0.496 e. The second-order valence-corrected chi connectivity index (χ2v) is 8.06. The lowest BCUT2D eigenvalue weighted by atomic mass is 10.1. The fourth-order valence-corrected chi connectivity index (χ4v) is 4.02. The molecule has 3 aromatic carbocycles. The summed E-state index contributed by atoms with van der Waals surface area (Å²) in [6, 6.07) is 13.9. The Morgan fingerprint density at radius 1 is 0.906 bits per heavy atom. The number of halogens is 3. The summed E-state index contributed by atoms with van der Waals surface area (Å²) in [5, 5.41) is 0.829. The average molecular weight is 491 g/mol. The minimum atomic E-state index is -0.719. The third-order valence-electron chi connectivity index (χ3n) is 4.90. The van der Waals surface area contributed by atoms with Crippen molar-refractivity contribution in [3.8, 4) is 5.75 Å². The molecule has 1 heterocycles. The Hall–Kier alpha value is -3.06. The zero-order valence-electron chi connectivity index (χ0n) is 16.5. The summed E-state index contributed by atoms with van der Waals surface area (Å²) >= 11 is 18.4. The maximum absolute atomic E-state index is 12.8. The van der Waals surface area contributed by atoms with Gasteiger partial charge < -0.3 is 9.47 Å². The lowest BCUT2D eigenvalue weighted by Gasteiger charge is -2.18. The zero-order valence-corrected chi connectivity index (χ0v) is 18.8. The monoisotopic (exact) mass is 489 g/mol. The normalized spacial score (nSPS) is 12.7. The second kappa shape index (κ2) is 8.82. The van der Waals surface area contributed by atoms with Gasteiger partial charge in [-0.15, -0.1) is 0 Å². The van der Waals surface area contributed by atoms with E-state index in [-0.39, 0.29) is 39.8 Å². The van der Waals surface area contributed by atoms with Gasteiger partial charge in [-0.1, -0.05) is 53.0 Å². The van der Waals surface area contributed by atoms with Gasteiger partial charge >= 0.3 is 5.97 Å². The van der Waals surface area contributed by atoms with Crippen molar-refractivity contribution in [2.45, 2.75) is 6.61 Å². The number of methoxy groups -OCH3 is 1. The van der Waals surface area contributed by atoms with Gasteiger partial charge in [0.15, 0.2) is 0 Å². The van der Waals surface area contributed by atoms with Gasteiger partial charge in [-0.3, -0.25) is 9.59 Å². The molecule has 2 amide bonds. The molecule has 32 heavy (non-hydrogen) atoms. The predicted octanol–water partition coefficient (Wildman–Crippen LogP) is 5.81. The van der Waals surface area contributed by atoms with Crippen LogP contribution in [0.3, 0.4) is 0 Å². The van der Waals surface area contributed by atoms with Crippen LogP contribution in [0.5, 0.6) is 5.75 Å². The van der Waals surface area contributed by atoms with E-state index in [1.807, 2.05) is 0 Å². The Labute approximate surface area is 198 Å². The predicted molar refractivity (Wildman–Crippen MR) is 121 cm³/mol. The highest BCUT2D eigenvalue weighted by Crippen LogP contribution is 2.38. The van der Waals surface area contributed by atoms with Gasteiger partial charge in [-0.2, -0.15) is 0 Å². The molecule has 1 aliphatic heterocycles. The van der Waals surface area contributed by atoms with E-state index in [1.54, 1.807) is 42.5 Å². The van der Waals surface area contributed by atoms with Crippen molar-refractivity contribution in [2.24, 2.45) is 0 Å². The number of carbonyl (C=O) groups is 3. The quantitative estimate of drug-likeness (QED) is 0.333. The molecular weight excluding hydrogens is 477 g/mol. The lowest BCUT2D eigenvalue weighted by Crippen LogP contribution is -2.29. The minimum absolute atomic E-state index is 0.0109. The maximum Gasteiger partial charge on any atom is 0.342 e. The van der Waals surface area contributed by atoms with E-state index in [4.69, 9.17) is 44.3 Å². The fourth-order valence-electron chi connectivity index (χ4n) is 3.31. The molecule has 1 aliphatic rings. The number of imide groups is 1. The van der Waals surface area contributed by atoms with E-state index in [2.05, 4.69) is 0 Å². The van der Waals surface area contributed by atoms with Crippen LogP contribution < -0.4 is 9.64 Å². The third kappa shape index (κ3) is 3.93. The molecule has 0 fully saturated rings. The molecule has 0 aliphatic carbocycles. The Balaban J connectivity index is 1.62. The van der Waals surface area contributed by atoms with Gasteiger partial charge in [0.25, 0.3) is 11.8 Å². The van der Waals surface area contributed by atoms with E-state index in [0.717, 1.165) is 4.90 Å². The van der Waals surface area contributed by atoms with Gasteiger partial charge in [0, 0.05) is 21.7 Å². The smallest absolute Gasteiger partial charge is 0.342 e. The number of amides is 2. The van der Waals surface area contributed by atoms with E-state index in [1.165, 1.54) is 19.2 Å². The molecular formula is C23H14Cl3NO5. The number of hydrogen-bond donors (Lipinski definition) is 0. The molecule has 0 unspecified atom stereocenters. The van der Waals surface area contributed by atoms with Crippen molar-refractivity contribution in [2.75, 3.05) is 12.0 Å². The van der Waals surface area contributed by atoms with Crippen molar-refractivity contribution < 1.29 is 23.9 Å². The molecule has 9 heteroatoms. The number of ether oxygens (including phenoxy) is 2. The van der Waals surface area contributed by atoms with Crippen molar-refractivity contribution in [1.82, 2.24) is 0 Å². The molecule has 3 aromatic rings. The van der Waals surface area contributed by atoms with Crippen LogP contribution >= 0.6 is 34.8 Å². The molecule has 4 rings (SSSR count). The van der Waals surface area contributed by atoms with Crippen molar-refractivity contribution in [1.29, 1.82) is 0 Å². The molecule has 0 N–H and O–H groups in total. The molecule has 0 bridgehead atoms. The van der Waals surface area contributed by atoms with Gasteiger partial charge in [-0.25, -0.2) is 9.69 Å². The number of nitrogens with zero attached hydrogens (tertiary/aromatic N) is 1. The minimum Gasteiger partial charge on any atom is -0.496 e. The first-order valence-electron chi connectivity index (χ1n) is 9.28. The van der Waals surface area contributed by atoms with Crippen LogP contribution in [0.2, 0.25) is 15.1 Å². The molecule has 0 saturated heterocycles. The van der Waals surface area contributed by atoms with Crippen LogP contribution in [-0.2, 0) is 11.3 Å². The summed E-state index contributed by atoms with van der Waals surface area (Å²) in [5.41, 5.74) is 1.25. The molecule has 0 saturated carbocycles. The number of hydrogen-bond acceptors (Lipinski definition) is 5. The SMILES string of the molecule is COc1cc(N2C(=O)c3ccccc3C2=O)c(Cl)cc1C(=O)OCc1ccc(Cl)cc1Cl. The third-order valence-corrected chi connectivity index (χ3v) is 5.79. The Morgan fingerprint density at radius 3 is 2.16 bits per heavy atom. The van der Waals surface area contributed by atoms with Crippen LogP contribution in [0.15, 0.2) is 54.6 Å². The number of anilines is 1. The van der Waals surface area contributed by atoms with E-state index < -0.39 is 17.8 Å². The highest BCUT2D eigenvalue weighted by atomic mass is 35.5. The highest BCUT2D eigenvalue weighted by molar-refractivity contribution is 6.40. The van der Waals surface area contributed by atoms with E-state index in [9.17, 15) is 14.4 Å². The molecule has 0 atom stereocenters. The number of rotatable bonds is 5. The number of benzene rings is 3. The molecule has 0 radical (unpaired) electrons. The molecule has 162 valence electrons. The van der Waals surface area contributed by atoms with Gasteiger partial charge in [-0.05, 0) is 30.3 Å². The summed E-state index contributed by atoms with van der Waals surface area (Å²) in [7, 11) is 1.35. The Kier molecular flexibility index (Phi) is 6.11. The average Bonchev–Trinajstić information content (AvgIpc) is 3.03. The van der Waals surface area contributed by atoms with E-state index >= 15 is 0 Å². The first-order chi connectivity index (χ1) is 15.3. The lowest BCUT2D eigenvalue weighted by molar-refractivity contribution is 0.0469.